The average molecular weight is 274 g/mol. The van der Waals surface area contributed by atoms with E-state index in [9.17, 15) is 12.8 Å². The van der Waals surface area contributed by atoms with Crippen LogP contribution in [0.2, 0.25) is 0 Å². The third-order valence-corrected chi connectivity index (χ3v) is 4.24. The molecule has 7 heteroatoms. The molecule has 1 saturated heterocycles. The fraction of sp³-hybridized carbons (Fsp3) is 0.545. The van der Waals surface area contributed by atoms with Crippen molar-refractivity contribution in [2.45, 2.75) is 36.9 Å². The zero-order chi connectivity index (χ0) is 13.2. The van der Waals surface area contributed by atoms with E-state index in [4.69, 9.17) is 4.74 Å². The van der Waals surface area contributed by atoms with E-state index in [1.165, 1.54) is 12.3 Å². The second kappa shape index (κ2) is 5.29. The molecule has 1 fully saturated rings. The molecule has 1 N–H and O–H groups in total. The number of nitrogens with zero attached hydrogens (tertiary/aromatic N) is 1. The number of hydrogen-bond donors (Lipinski definition) is 1. The van der Waals surface area contributed by atoms with Crippen LogP contribution in [0.3, 0.4) is 0 Å². The molecule has 0 saturated carbocycles. The van der Waals surface area contributed by atoms with E-state index in [0.717, 1.165) is 6.07 Å². The first-order chi connectivity index (χ1) is 8.49. The van der Waals surface area contributed by atoms with Gasteiger partial charge in [-0.2, -0.15) is 0 Å². The van der Waals surface area contributed by atoms with Crippen LogP contribution in [0.25, 0.3) is 0 Å². The van der Waals surface area contributed by atoms with Gasteiger partial charge in [-0.25, -0.2) is 22.5 Å². The van der Waals surface area contributed by atoms with E-state index < -0.39 is 20.9 Å². The van der Waals surface area contributed by atoms with Crippen molar-refractivity contribution in [3.8, 4) is 0 Å². The molecule has 100 valence electrons. The molecule has 0 aromatic carbocycles. The minimum absolute atomic E-state index is 0.0000273. The Balaban J connectivity index is 2.15. The van der Waals surface area contributed by atoms with Crippen LogP contribution < -0.4 is 4.72 Å². The number of ether oxygens (including phenoxy) is 1. The van der Waals surface area contributed by atoms with Crippen LogP contribution in [-0.2, 0) is 14.8 Å². The molecule has 1 aliphatic heterocycles. The molecule has 0 aliphatic carbocycles. The van der Waals surface area contributed by atoms with Gasteiger partial charge in [0.1, 0.15) is 0 Å². The Morgan fingerprint density at radius 2 is 2.33 bits per heavy atom. The van der Waals surface area contributed by atoms with Gasteiger partial charge in [0.05, 0.1) is 6.10 Å². The van der Waals surface area contributed by atoms with Gasteiger partial charge in [-0.15, -0.1) is 0 Å². The molecule has 2 unspecified atom stereocenters. The molecule has 0 bridgehead atoms. The summed E-state index contributed by atoms with van der Waals surface area (Å²) in [4.78, 5) is 3.58. The van der Waals surface area contributed by atoms with Crippen molar-refractivity contribution < 1.29 is 17.5 Å². The summed E-state index contributed by atoms with van der Waals surface area (Å²) in [6, 6.07) is 2.19. The molecular formula is C11H15FN2O3S. The van der Waals surface area contributed by atoms with E-state index in [2.05, 4.69) is 9.71 Å². The SMILES string of the molecule is CC1CC(NS(=O)(=O)c2ncccc2F)CCO1. The molecule has 2 atom stereocenters. The van der Waals surface area contributed by atoms with Crippen molar-refractivity contribution in [3.05, 3.63) is 24.1 Å². The molecule has 5 nitrogen and oxygen atoms in total. The van der Waals surface area contributed by atoms with Crippen molar-refractivity contribution in [1.82, 2.24) is 9.71 Å². The van der Waals surface area contributed by atoms with E-state index >= 15 is 0 Å². The van der Waals surface area contributed by atoms with Crippen molar-refractivity contribution in [1.29, 1.82) is 0 Å². The third kappa shape index (κ3) is 3.04. The Kier molecular flexibility index (Phi) is 3.94. The van der Waals surface area contributed by atoms with Crippen LogP contribution in [0.15, 0.2) is 23.4 Å². The predicted octanol–water partition coefficient (Wildman–Crippen LogP) is 1.07. The Bertz CT molecular complexity index is 521. The van der Waals surface area contributed by atoms with E-state index in [-0.39, 0.29) is 12.1 Å². The summed E-state index contributed by atoms with van der Waals surface area (Å²) in [6.07, 6.45) is 2.41. The summed E-state index contributed by atoms with van der Waals surface area (Å²) in [5, 5.41) is -0.552. The van der Waals surface area contributed by atoms with Gasteiger partial charge in [0.2, 0.25) is 5.03 Å². The van der Waals surface area contributed by atoms with Gasteiger partial charge in [0.25, 0.3) is 10.0 Å². The normalized spacial score (nSPS) is 25.0. The lowest BCUT2D eigenvalue weighted by Crippen LogP contribution is -2.41. The topological polar surface area (TPSA) is 68.3 Å². The first kappa shape index (κ1) is 13.4. The van der Waals surface area contributed by atoms with Gasteiger partial charge < -0.3 is 4.74 Å². The van der Waals surface area contributed by atoms with Crippen molar-refractivity contribution in [2.75, 3.05) is 6.61 Å². The van der Waals surface area contributed by atoms with Crippen LogP contribution >= 0.6 is 0 Å². The molecule has 1 aliphatic rings. The molecule has 2 heterocycles. The highest BCUT2D eigenvalue weighted by atomic mass is 32.2. The molecule has 1 aromatic heterocycles. The lowest BCUT2D eigenvalue weighted by molar-refractivity contribution is 0.0173. The molecule has 0 radical (unpaired) electrons. The highest BCUT2D eigenvalue weighted by Crippen LogP contribution is 2.17. The highest BCUT2D eigenvalue weighted by molar-refractivity contribution is 7.89. The van der Waals surface area contributed by atoms with Gasteiger partial charge in [-0.05, 0) is 31.9 Å². The average Bonchev–Trinajstić information content (AvgIpc) is 2.28. The Morgan fingerprint density at radius 3 is 3.00 bits per heavy atom. The second-order valence-corrected chi connectivity index (χ2v) is 5.94. The highest BCUT2D eigenvalue weighted by Gasteiger charge is 2.27. The van der Waals surface area contributed by atoms with Gasteiger partial charge >= 0.3 is 0 Å². The van der Waals surface area contributed by atoms with Crippen LogP contribution in [-0.4, -0.2) is 32.2 Å². The molecule has 2 rings (SSSR count). The van der Waals surface area contributed by atoms with Gasteiger partial charge in [-0.1, -0.05) is 0 Å². The largest absolute Gasteiger partial charge is 0.378 e. The number of aromatic nitrogens is 1. The van der Waals surface area contributed by atoms with Gasteiger partial charge in [0, 0.05) is 18.8 Å². The molecule has 0 spiro atoms. The van der Waals surface area contributed by atoms with Gasteiger partial charge in [-0.3, -0.25) is 0 Å². The Morgan fingerprint density at radius 1 is 1.56 bits per heavy atom. The van der Waals surface area contributed by atoms with Crippen LogP contribution in [0.4, 0.5) is 4.39 Å². The smallest absolute Gasteiger partial charge is 0.261 e. The fourth-order valence-electron chi connectivity index (χ4n) is 1.95. The molecular weight excluding hydrogens is 259 g/mol. The Hall–Kier alpha value is -1.05. The predicted molar refractivity (Wildman–Crippen MR) is 63.0 cm³/mol. The number of hydrogen-bond acceptors (Lipinski definition) is 4. The number of halogens is 1. The monoisotopic (exact) mass is 274 g/mol. The summed E-state index contributed by atoms with van der Waals surface area (Å²) in [7, 11) is -3.91. The standard InChI is InChI=1S/C11H15FN2O3S/c1-8-7-9(4-6-17-8)14-18(15,16)11-10(12)3-2-5-13-11/h2-3,5,8-9,14H,4,6-7H2,1H3. The zero-order valence-corrected chi connectivity index (χ0v) is 10.8. The summed E-state index contributed by atoms with van der Waals surface area (Å²) in [5.41, 5.74) is 0. The Labute approximate surface area is 105 Å². The maximum atomic E-state index is 13.4. The first-order valence-corrected chi connectivity index (χ1v) is 7.22. The van der Waals surface area contributed by atoms with Crippen LogP contribution in [0.5, 0.6) is 0 Å². The first-order valence-electron chi connectivity index (χ1n) is 5.73. The summed E-state index contributed by atoms with van der Waals surface area (Å²) >= 11 is 0. The van der Waals surface area contributed by atoms with E-state index in [1.807, 2.05) is 6.92 Å². The summed E-state index contributed by atoms with van der Waals surface area (Å²) < 4.78 is 45.2. The quantitative estimate of drug-likeness (QED) is 0.895. The molecule has 18 heavy (non-hydrogen) atoms. The van der Waals surface area contributed by atoms with Crippen LogP contribution in [0.1, 0.15) is 19.8 Å². The lowest BCUT2D eigenvalue weighted by Gasteiger charge is -2.27. The molecule has 1 aromatic rings. The minimum atomic E-state index is -3.91. The van der Waals surface area contributed by atoms with E-state index in [0.29, 0.717) is 19.4 Å². The molecule has 0 amide bonds. The number of rotatable bonds is 3. The number of sulfonamides is 1. The summed E-state index contributed by atoms with van der Waals surface area (Å²) in [5.74, 6) is -0.842. The number of nitrogens with one attached hydrogen (secondary N) is 1. The third-order valence-electron chi connectivity index (χ3n) is 2.79. The number of pyridine rings is 1. The van der Waals surface area contributed by atoms with Crippen LogP contribution in [0, 0.1) is 5.82 Å². The van der Waals surface area contributed by atoms with Crippen molar-refractivity contribution >= 4 is 10.0 Å². The maximum absolute atomic E-state index is 13.4. The van der Waals surface area contributed by atoms with E-state index in [1.54, 1.807) is 0 Å². The second-order valence-electron chi connectivity index (χ2n) is 4.31. The zero-order valence-electron chi connectivity index (χ0n) is 9.97. The summed E-state index contributed by atoms with van der Waals surface area (Å²) in [6.45, 7) is 2.38. The van der Waals surface area contributed by atoms with Crippen molar-refractivity contribution in [3.63, 3.8) is 0 Å². The van der Waals surface area contributed by atoms with Gasteiger partial charge in [0.15, 0.2) is 5.82 Å². The fourth-order valence-corrected chi connectivity index (χ4v) is 3.24. The lowest BCUT2D eigenvalue weighted by atomic mass is 10.1. The van der Waals surface area contributed by atoms with Crippen molar-refractivity contribution in [2.24, 2.45) is 0 Å². The minimum Gasteiger partial charge on any atom is -0.378 e. The maximum Gasteiger partial charge on any atom is 0.261 e.